The van der Waals surface area contributed by atoms with Gasteiger partial charge in [-0.1, -0.05) is 45.1 Å². The number of carbonyl (C=O) groups excluding carboxylic acids is 1. The zero-order valence-electron chi connectivity index (χ0n) is 14.3. The minimum atomic E-state index is 0.244. The molecule has 2 aliphatic rings. The number of nitrogens with zero attached hydrogens (tertiary/aromatic N) is 1. The SMILES string of the molecule is CCCCCCCCC=C1CCC(CN2CCOCC2)C1=O. The van der Waals surface area contributed by atoms with Gasteiger partial charge >= 0.3 is 0 Å². The first kappa shape index (κ1) is 17.7. The lowest BCUT2D eigenvalue weighted by Gasteiger charge is -2.28. The Morgan fingerprint density at radius 1 is 1.14 bits per heavy atom. The molecule has 1 saturated carbocycles. The molecule has 3 nitrogen and oxygen atoms in total. The van der Waals surface area contributed by atoms with Crippen LogP contribution in [-0.2, 0) is 9.53 Å². The third-order valence-corrected chi connectivity index (χ3v) is 4.98. The maximum Gasteiger partial charge on any atom is 0.162 e. The van der Waals surface area contributed by atoms with E-state index in [4.69, 9.17) is 4.74 Å². The molecule has 2 fully saturated rings. The van der Waals surface area contributed by atoms with E-state index in [1.54, 1.807) is 0 Å². The van der Waals surface area contributed by atoms with Gasteiger partial charge in [-0.2, -0.15) is 0 Å². The summed E-state index contributed by atoms with van der Waals surface area (Å²) in [6, 6.07) is 0. The Morgan fingerprint density at radius 3 is 2.64 bits per heavy atom. The maximum absolute atomic E-state index is 12.5. The fraction of sp³-hybridized carbons (Fsp3) is 0.842. The van der Waals surface area contributed by atoms with Crippen LogP contribution in [0.25, 0.3) is 0 Å². The van der Waals surface area contributed by atoms with Crippen molar-refractivity contribution in [1.29, 1.82) is 0 Å². The Bertz CT molecular complexity index is 358. The monoisotopic (exact) mass is 307 g/mol. The number of rotatable bonds is 9. The molecule has 22 heavy (non-hydrogen) atoms. The molecule has 1 aliphatic heterocycles. The fourth-order valence-corrected chi connectivity index (χ4v) is 3.52. The number of Topliss-reactive ketones (excluding diaryl/α,β-unsaturated/α-hetero) is 1. The summed E-state index contributed by atoms with van der Waals surface area (Å²) in [5.41, 5.74) is 1.12. The zero-order valence-corrected chi connectivity index (χ0v) is 14.3. The van der Waals surface area contributed by atoms with Crippen LogP contribution in [0.1, 0.15) is 64.7 Å². The second-order valence-corrected chi connectivity index (χ2v) is 6.80. The predicted octanol–water partition coefficient (Wildman–Crippen LogP) is 3.97. The molecule has 0 amide bonds. The summed E-state index contributed by atoms with van der Waals surface area (Å²) >= 11 is 0. The van der Waals surface area contributed by atoms with E-state index >= 15 is 0 Å². The van der Waals surface area contributed by atoms with Crippen LogP contribution >= 0.6 is 0 Å². The molecule has 1 atom stereocenters. The fourth-order valence-electron chi connectivity index (χ4n) is 3.52. The molecule has 0 bridgehead atoms. The van der Waals surface area contributed by atoms with E-state index in [1.807, 2.05) is 0 Å². The Labute approximate surface area is 136 Å². The van der Waals surface area contributed by atoms with E-state index in [0.717, 1.165) is 57.7 Å². The Hall–Kier alpha value is -0.670. The van der Waals surface area contributed by atoms with Crippen LogP contribution in [0.2, 0.25) is 0 Å². The normalized spacial score (nSPS) is 25.2. The molecular formula is C19H33NO2. The second kappa shape index (κ2) is 10.2. The largest absolute Gasteiger partial charge is 0.379 e. The minimum absolute atomic E-state index is 0.244. The molecule has 0 N–H and O–H groups in total. The lowest BCUT2D eigenvalue weighted by molar-refractivity contribution is -0.118. The van der Waals surface area contributed by atoms with Gasteiger partial charge in [0.15, 0.2) is 5.78 Å². The van der Waals surface area contributed by atoms with Crippen molar-refractivity contribution in [3.63, 3.8) is 0 Å². The van der Waals surface area contributed by atoms with Crippen LogP contribution in [0.3, 0.4) is 0 Å². The highest BCUT2D eigenvalue weighted by molar-refractivity contribution is 5.99. The average molecular weight is 307 g/mol. The van der Waals surface area contributed by atoms with E-state index in [9.17, 15) is 4.79 Å². The predicted molar refractivity (Wildman–Crippen MR) is 91.1 cm³/mol. The van der Waals surface area contributed by atoms with Gasteiger partial charge in [-0.05, 0) is 31.3 Å². The first-order valence-electron chi connectivity index (χ1n) is 9.34. The minimum Gasteiger partial charge on any atom is -0.379 e. The highest BCUT2D eigenvalue weighted by Gasteiger charge is 2.30. The van der Waals surface area contributed by atoms with Crippen molar-refractivity contribution in [2.75, 3.05) is 32.8 Å². The van der Waals surface area contributed by atoms with Gasteiger partial charge in [0.25, 0.3) is 0 Å². The molecule has 1 heterocycles. The standard InChI is InChI=1S/C19H33NO2/c1-2-3-4-5-6-7-8-9-17-10-11-18(19(17)21)16-20-12-14-22-15-13-20/h9,18H,2-8,10-16H2,1H3. The molecule has 1 saturated heterocycles. The summed E-state index contributed by atoms with van der Waals surface area (Å²) in [5, 5.41) is 0. The Kier molecular flexibility index (Phi) is 8.17. The summed E-state index contributed by atoms with van der Waals surface area (Å²) in [6.07, 6.45) is 13.3. The molecule has 3 heteroatoms. The number of ketones is 1. The van der Waals surface area contributed by atoms with E-state index in [1.165, 1.54) is 38.5 Å². The van der Waals surface area contributed by atoms with Gasteiger partial charge in [0.2, 0.25) is 0 Å². The first-order valence-corrected chi connectivity index (χ1v) is 9.34. The van der Waals surface area contributed by atoms with Gasteiger partial charge < -0.3 is 4.74 Å². The van der Waals surface area contributed by atoms with Gasteiger partial charge in [0, 0.05) is 25.6 Å². The van der Waals surface area contributed by atoms with Crippen LogP contribution < -0.4 is 0 Å². The molecule has 0 aromatic heterocycles. The van der Waals surface area contributed by atoms with Crippen molar-refractivity contribution in [1.82, 2.24) is 4.90 Å². The van der Waals surface area contributed by atoms with Crippen LogP contribution in [-0.4, -0.2) is 43.5 Å². The number of allylic oxidation sites excluding steroid dienone is 2. The van der Waals surface area contributed by atoms with Gasteiger partial charge in [0.05, 0.1) is 13.2 Å². The smallest absolute Gasteiger partial charge is 0.162 e. The summed E-state index contributed by atoms with van der Waals surface area (Å²) < 4.78 is 5.37. The maximum atomic E-state index is 12.5. The second-order valence-electron chi connectivity index (χ2n) is 6.80. The molecule has 1 aliphatic carbocycles. The first-order chi connectivity index (χ1) is 10.8. The third kappa shape index (κ3) is 5.85. The van der Waals surface area contributed by atoms with Crippen molar-refractivity contribution in [2.45, 2.75) is 64.7 Å². The quantitative estimate of drug-likeness (QED) is 0.477. The van der Waals surface area contributed by atoms with Crippen molar-refractivity contribution in [2.24, 2.45) is 5.92 Å². The van der Waals surface area contributed by atoms with Gasteiger partial charge in [-0.25, -0.2) is 0 Å². The molecule has 0 aromatic carbocycles. The van der Waals surface area contributed by atoms with Crippen molar-refractivity contribution in [3.05, 3.63) is 11.6 Å². The lowest BCUT2D eigenvalue weighted by Crippen LogP contribution is -2.40. The molecule has 0 aromatic rings. The molecular weight excluding hydrogens is 274 g/mol. The summed E-state index contributed by atoms with van der Waals surface area (Å²) in [6.45, 7) is 6.81. The summed E-state index contributed by atoms with van der Waals surface area (Å²) in [4.78, 5) is 14.8. The Morgan fingerprint density at radius 2 is 1.86 bits per heavy atom. The molecule has 0 radical (unpaired) electrons. The topological polar surface area (TPSA) is 29.5 Å². The average Bonchev–Trinajstić information content (AvgIpc) is 2.88. The highest BCUT2D eigenvalue weighted by atomic mass is 16.5. The molecule has 126 valence electrons. The van der Waals surface area contributed by atoms with Crippen LogP contribution in [0.5, 0.6) is 0 Å². The van der Waals surface area contributed by atoms with Gasteiger partial charge in [-0.3, -0.25) is 9.69 Å². The lowest BCUT2D eigenvalue weighted by atomic mass is 10.0. The number of ether oxygens (including phenoxy) is 1. The van der Waals surface area contributed by atoms with E-state index < -0.39 is 0 Å². The molecule has 2 rings (SSSR count). The summed E-state index contributed by atoms with van der Waals surface area (Å²) in [7, 11) is 0. The number of unbranched alkanes of at least 4 members (excludes halogenated alkanes) is 6. The van der Waals surface area contributed by atoms with Crippen molar-refractivity contribution in [3.8, 4) is 0 Å². The highest BCUT2D eigenvalue weighted by Crippen LogP contribution is 2.28. The van der Waals surface area contributed by atoms with Crippen LogP contribution in [0.15, 0.2) is 11.6 Å². The van der Waals surface area contributed by atoms with E-state index in [2.05, 4.69) is 17.9 Å². The van der Waals surface area contributed by atoms with E-state index in [0.29, 0.717) is 5.78 Å². The molecule has 0 spiro atoms. The number of hydrogen-bond donors (Lipinski definition) is 0. The number of morpholine rings is 1. The van der Waals surface area contributed by atoms with Crippen LogP contribution in [0, 0.1) is 5.92 Å². The number of hydrogen-bond acceptors (Lipinski definition) is 3. The third-order valence-electron chi connectivity index (χ3n) is 4.98. The van der Waals surface area contributed by atoms with Crippen molar-refractivity contribution >= 4 is 5.78 Å². The number of carbonyl (C=O) groups is 1. The molecule has 1 unspecified atom stereocenters. The van der Waals surface area contributed by atoms with Crippen LogP contribution in [0.4, 0.5) is 0 Å². The van der Waals surface area contributed by atoms with Gasteiger partial charge in [-0.15, -0.1) is 0 Å². The zero-order chi connectivity index (χ0) is 15.6. The van der Waals surface area contributed by atoms with E-state index in [-0.39, 0.29) is 5.92 Å². The van der Waals surface area contributed by atoms with Gasteiger partial charge in [0.1, 0.15) is 0 Å². The Balaban J connectivity index is 1.63. The summed E-state index contributed by atoms with van der Waals surface area (Å²) in [5.74, 6) is 0.673. The van der Waals surface area contributed by atoms with Crippen molar-refractivity contribution < 1.29 is 9.53 Å².